The fourth-order valence-corrected chi connectivity index (χ4v) is 3.56. The SMILES string of the molecule is O=C1C[C@H]2O[C@@H](CCc3ccccc3)C3=C(C(=O)C=CC3=O)[C@H]2O1. The maximum atomic E-state index is 12.3. The highest BCUT2D eigenvalue weighted by Gasteiger charge is 2.49. The summed E-state index contributed by atoms with van der Waals surface area (Å²) in [6.07, 6.45) is 2.22. The molecule has 0 saturated carbocycles. The fraction of sp³-hybridized carbons (Fsp3) is 0.316. The molecule has 0 aromatic heterocycles. The van der Waals surface area contributed by atoms with Gasteiger partial charge in [-0.25, -0.2) is 0 Å². The van der Waals surface area contributed by atoms with Gasteiger partial charge in [-0.2, -0.15) is 0 Å². The molecule has 1 fully saturated rings. The molecule has 0 N–H and O–H groups in total. The van der Waals surface area contributed by atoms with E-state index in [0.717, 1.165) is 12.0 Å². The Morgan fingerprint density at radius 2 is 1.67 bits per heavy atom. The third-order valence-corrected chi connectivity index (χ3v) is 4.65. The molecule has 3 aliphatic rings. The van der Waals surface area contributed by atoms with Crippen molar-refractivity contribution < 1.29 is 23.9 Å². The molecule has 1 saturated heterocycles. The lowest BCUT2D eigenvalue weighted by molar-refractivity contribution is -0.141. The number of fused-ring (bicyclic) bond motifs is 2. The predicted molar refractivity (Wildman–Crippen MR) is 84.1 cm³/mol. The quantitative estimate of drug-likeness (QED) is 0.625. The average Bonchev–Trinajstić information content (AvgIpc) is 2.96. The topological polar surface area (TPSA) is 69.7 Å². The van der Waals surface area contributed by atoms with Crippen molar-refractivity contribution in [2.75, 3.05) is 0 Å². The number of ether oxygens (including phenoxy) is 2. The number of hydrogen-bond donors (Lipinski definition) is 0. The first kappa shape index (κ1) is 15.0. The zero-order valence-corrected chi connectivity index (χ0v) is 12.9. The van der Waals surface area contributed by atoms with Gasteiger partial charge in [0.05, 0.1) is 18.1 Å². The van der Waals surface area contributed by atoms with Gasteiger partial charge in [0.2, 0.25) is 0 Å². The molecule has 0 amide bonds. The molecule has 24 heavy (non-hydrogen) atoms. The van der Waals surface area contributed by atoms with Crippen molar-refractivity contribution >= 4 is 17.5 Å². The molecule has 1 aromatic rings. The maximum Gasteiger partial charge on any atom is 0.309 e. The van der Waals surface area contributed by atoms with E-state index in [4.69, 9.17) is 9.47 Å². The summed E-state index contributed by atoms with van der Waals surface area (Å²) in [6.45, 7) is 0. The van der Waals surface area contributed by atoms with E-state index in [1.807, 2.05) is 30.3 Å². The second kappa shape index (κ2) is 5.83. The highest BCUT2D eigenvalue weighted by molar-refractivity contribution is 6.21. The van der Waals surface area contributed by atoms with Gasteiger partial charge in [-0.05, 0) is 30.6 Å². The van der Waals surface area contributed by atoms with E-state index >= 15 is 0 Å². The van der Waals surface area contributed by atoms with Crippen LogP contribution in [-0.4, -0.2) is 35.8 Å². The van der Waals surface area contributed by atoms with Crippen LogP contribution in [0.5, 0.6) is 0 Å². The summed E-state index contributed by atoms with van der Waals surface area (Å²) in [7, 11) is 0. The van der Waals surface area contributed by atoms with Gasteiger partial charge in [-0.15, -0.1) is 0 Å². The Morgan fingerprint density at radius 3 is 2.42 bits per heavy atom. The number of ketones is 2. The lowest BCUT2D eigenvalue weighted by Gasteiger charge is -2.34. The number of hydrogen-bond acceptors (Lipinski definition) is 5. The van der Waals surface area contributed by atoms with Crippen LogP contribution in [0.3, 0.4) is 0 Å². The Bertz CT molecular complexity index is 774. The lowest BCUT2D eigenvalue weighted by atomic mass is 9.82. The number of rotatable bonds is 3. The largest absolute Gasteiger partial charge is 0.454 e. The Labute approximate surface area is 138 Å². The van der Waals surface area contributed by atoms with Crippen LogP contribution >= 0.6 is 0 Å². The third kappa shape index (κ3) is 2.51. The van der Waals surface area contributed by atoms with E-state index in [9.17, 15) is 14.4 Å². The summed E-state index contributed by atoms with van der Waals surface area (Å²) in [6, 6.07) is 9.88. The average molecular weight is 324 g/mol. The van der Waals surface area contributed by atoms with Gasteiger partial charge in [-0.1, -0.05) is 30.3 Å². The first-order chi connectivity index (χ1) is 11.6. The van der Waals surface area contributed by atoms with Gasteiger partial charge < -0.3 is 9.47 Å². The van der Waals surface area contributed by atoms with E-state index in [1.54, 1.807) is 0 Å². The summed E-state index contributed by atoms with van der Waals surface area (Å²) in [4.78, 5) is 36.3. The van der Waals surface area contributed by atoms with Crippen LogP contribution in [0.25, 0.3) is 0 Å². The van der Waals surface area contributed by atoms with Gasteiger partial charge in [0.25, 0.3) is 0 Å². The van der Waals surface area contributed by atoms with Gasteiger partial charge in [0, 0.05) is 5.57 Å². The van der Waals surface area contributed by atoms with Gasteiger partial charge in [-0.3, -0.25) is 14.4 Å². The number of carbonyl (C=O) groups excluding carboxylic acids is 3. The maximum absolute atomic E-state index is 12.3. The summed E-state index contributed by atoms with van der Waals surface area (Å²) >= 11 is 0. The van der Waals surface area contributed by atoms with E-state index in [-0.39, 0.29) is 18.0 Å². The number of carbonyl (C=O) groups is 3. The molecule has 5 heteroatoms. The van der Waals surface area contributed by atoms with Crippen molar-refractivity contribution in [2.24, 2.45) is 0 Å². The van der Waals surface area contributed by atoms with Gasteiger partial charge >= 0.3 is 5.97 Å². The lowest BCUT2D eigenvalue weighted by Crippen LogP contribution is -2.44. The van der Waals surface area contributed by atoms with Crippen LogP contribution in [-0.2, 0) is 30.3 Å². The molecule has 4 rings (SSSR count). The number of aryl methyl sites for hydroxylation is 1. The molecule has 2 heterocycles. The van der Waals surface area contributed by atoms with Gasteiger partial charge in [0.1, 0.15) is 6.10 Å². The molecule has 122 valence electrons. The van der Waals surface area contributed by atoms with Crippen molar-refractivity contribution in [1.82, 2.24) is 0 Å². The number of esters is 1. The molecular formula is C19H16O5. The first-order valence-electron chi connectivity index (χ1n) is 8.03. The van der Waals surface area contributed by atoms with E-state index < -0.39 is 24.3 Å². The minimum absolute atomic E-state index is 0.120. The number of allylic oxidation sites excluding steroid dienone is 2. The Morgan fingerprint density at radius 1 is 0.958 bits per heavy atom. The van der Waals surface area contributed by atoms with Crippen LogP contribution < -0.4 is 0 Å². The Kier molecular flexibility index (Phi) is 3.65. The molecule has 0 bridgehead atoms. The summed E-state index contributed by atoms with van der Waals surface area (Å²) in [5.74, 6) is -0.887. The molecule has 1 aromatic carbocycles. The summed E-state index contributed by atoms with van der Waals surface area (Å²) in [5, 5.41) is 0. The fourth-order valence-electron chi connectivity index (χ4n) is 3.56. The summed E-state index contributed by atoms with van der Waals surface area (Å²) in [5.41, 5.74) is 1.80. The smallest absolute Gasteiger partial charge is 0.309 e. The molecule has 0 radical (unpaired) electrons. The van der Waals surface area contributed by atoms with Crippen molar-refractivity contribution in [2.45, 2.75) is 37.6 Å². The van der Waals surface area contributed by atoms with Crippen molar-refractivity contribution in [3.05, 3.63) is 59.2 Å². The highest BCUT2D eigenvalue weighted by Crippen LogP contribution is 2.38. The van der Waals surface area contributed by atoms with E-state index in [0.29, 0.717) is 17.6 Å². The summed E-state index contributed by atoms with van der Waals surface area (Å²) < 4.78 is 11.2. The zero-order chi connectivity index (χ0) is 16.7. The van der Waals surface area contributed by atoms with Crippen LogP contribution in [0.15, 0.2) is 53.6 Å². The molecule has 0 spiro atoms. The Hall–Kier alpha value is -2.53. The second-order valence-electron chi connectivity index (χ2n) is 6.19. The molecule has 5 nitrogen and oxygen atoms in total. The van der Waals surface area contributed by atoms with E-state index in [2.05, 4.69) is 0 Å². The second-order valence-corrected chi connectivity index (χ2v) is 6.19. The molecule has 3 atom stereocenters. The number of benzene rings is 1. The zero-order valence-electron chi connectivity index (χ0n) is 12.9. The van der Waals surface area contributed by atoms with Crippen molar-refractivity contribution in [3.63, 3.8) is 0 Å². The van der Waals surface area contributed by atoms with Crippen molar-refractivity contribution in [1.29, 1.82) is 0 Å². The predicted octanol–water partition coefficient (Wildman–Crippen LogP) is 1.71. The third-order valence-electron chi connectivity index (χ3n) is 4.65. The minimum Gasteiger partial charge on any atom is -0.454 e. The molecule has 0 unspecified atom stereocenters. The van der Waals surface area contributed by atoms with Crippen molar-refractivity contribution in [3.8, 4) is 0 Å². The van der Waals surface area contributed by atoms with E-state index in [1.165, 1.54) is 12.2 Å². The van der Waals surface area contributed by atoms with Crippen LogP contribution in [0.4, 0.5) is 0 Å². The standard InChI is InChI=1S/C19H16O5/c20-12-7-8-13(21)18-17(12)14(9-6-11-4-2-1-3-5-11)23-15-10-16(22)24-19(15)18/h1-5,7-8,14-15,19H,6,9-10H2/t14-,15+,19-/m0/s1. The van der Waals surface area contributed by atoms with Gasteiger partial charge in [0.15, 0.2) is 17.7 Å². The monoisotopic (exact) mass is 324 g/mol. The van der Waals surface area contributed by atoms with Crippen LogP contribution in [0.1, 0.15) is 18.4 Å². The van der Waals surface area contributed by atoms with Crippen LogP contribution in [0.2, 0.25) is 0 Å². The Balaban J connectivity index is 1.65. The van der Waals surface area contributed by atoms with Crippen LogP contribution in [0, 0.1) is 0 Å². The highest BCUT2D eigenvalue weighted by atomic mass is 16.6. The minimum atomic E-state index is -0.748. The molecule has 2 aliphatic heterocycles. The molecular weight excluding hydrogens is 308 g/mol. The first-order valence-corrected chi connectivity index (χ1v) is 8.03. The molecule has 1 aliphatic carbocycles. The normalized spacial score (nSPS) is 28.7.